The summed E-state index contributed by atoms with van der Waals surface area (Å²) in [5.74, 6) is 0.156. The summed E-state index contributed by atoms with van der Waals surface area (Å²) in [5, 5.41) is 0.893. The van der Waals surface area contributed by atoms with Crippen LogP contribution in [-0.2, 0) is 17.4 Å². The Morgan fingerprint density at radius 3 is 2.65 bits per heavy atom. The van der Waals surface area contributed by atoms with Gasteiger partial charge in [0.05, 0.1) is 0 Å². The third-order valence-electron chi connectivity index (χ3n) is 3.23. The molecule has 6 heteroatoms. The maximum absolute atomic E-state index is 11.7. The van der Waals surface area contributed by atoms with Crippen molar-refractivity contribution in [2.75, 3.05) is 5.75 Å². The molecule has 0 aliphatic carbocycles. The fraction of sp³-hybridized carbons (Fsp3) is 0.286. The number of primary amides is 1. The highest BCUT2D eigenvalue weighted by molar-refractivity contribution is 7.99. The molecule has 0 radical (unpaired) electrons. The molecule has 4 N–H and O–H groups in total. The number of amides is 1. The highest BCUT2D eigenvalue weighted by Gasteiger charge is 2.33. The first kappa shape index (κ1) is 14.6. The minimum atomic E-state index is -1.14. The van der Waals surface area contributed by atoms with Gasteiger partial charge in [0, 0.05) is 25.2 Å². The summed E-state index contributed by atoms with van der Waals surface area (Å²) in [6, 6.07) is 9.25. The van der Waals surface area contributed by atoms with Gasteiger partial charge in [0.1, 0.15) is 5.54 Å². The molecule has 2 aromatic rings. The van der Waals surface area contributed by atoms with Crippen molar-refractivity contribution in [3.05, 3.63) is 48.3 Å². The molecule has 0 fully saturated rings. The number of aryl methyl sites for hydroxylation is 1. The predicted octanol–water partition coefficient (Wildman–Crippen LogP) is 1.24. The van der Waals surface area contributed by atoms with E-state index < -0.39 is 11.4 Å². The van der Waals surface area contributed by atoms with Crippen molar-refractivity contribution < 1.29 is 4.79 Å². The third-order valence-corrected chi connectivity index (χ3v) is 4.29. The summed E-state index contributed by atoms with van der Waals surface area (Å²) < 4.78 is 1.93. The fourth-order valence-electron chi connectivity index (χ4n) is 1.94. The van der Waals surface area contributed by atoms with Crippen LogP contribution >= 0.6 is 11.8 Å². The second kappa shape index (κ2) is 6.11. The highest BCUT2D eigenvalue weighted by Crippen LogP contribution is 2.26. The van der Waals surface area contributed by atoms with Crippen LogP contribution in [0.15, 0.2) is 47.9 Å². The Balaban J connectivity index is 2.07. The van der Waals surface area contributed by atoms with E-state index >= 15 is 0 Å². The average Bonchev–Trinajstić information content (AvgIpc) is 2.85. The standard InChI is InChI=1S/C14H18N4OS/c1-18-9-8-17-13(18)20-10-7-14(16,12(15)19)11-5-3-2-4-6-11/h2-6,8-9H,7,10,16H2,1H3,(H2,15,19). The molecule has 0 bridgehead atoms. The van der Waals surface area contributed by atoms with Crippen molar-refractivity contribution in [1.29, 1.82) is 0 Å². The van der Waals surface area contributed by atoms with E-state index in [2.05, 4.69) is 4.98 Å². The van der Waals surface area contributed by atoms with Gasteiger partial charge in [-0.05, 0) is 12.0 Å². The molecule has 5 nitrogen and oxygen atoms in total. The van der Waals surface area contributed by atoms with Crippen molar-refractivity contribution in [2.45, 2.75) is 17.1 Å². The number of aromatic nitrogens is 2. The van der Waals surface area contributed by atoms with E-state index in [1.165, 1.54) is 0 Å². The average molecular weight is 290 g/mol. The number of hydrogen-bond donors (Lipinski definition) is 2. The van der Waals surface area contributed by atoms with Gasteiger partial charge in [0.2, 0.25) is 5.91 Å². The number of thioether (sulfide) groups is 1. The SMILES string of the molecule is Cn1ccnc1SCCC(N)(C(N)=O)c1ccccc1. The Morgan fingerprint density at radius 2 is 2.10 bits per heavy atom. The number of hydrogen-bond acceptors (Lipinski definition) is 4. The highest BCUT2D eigenvalue weighted by atomic mass is 32.2. The van der Waals surface area contributed by atoms with Gasteiger partial charge in [-0.15, -0.1) is 0 Å². The van der Waals surface area contributed by atoms with Crippen molar-refractivity contribution >= 4 is 17.7 Å². The van der Waals surface area contributed by atoms with Crippen molar-refractivity contribution in [2.24, 2.45) is 18.5 Å². The van der Waals surface area contributed by atoms with E-state index in [-0.39, 0.29) is 0 Å². The van der Waals surface area contributed by atoms with Crippen LogP contribution in [0.1, 0.15) is 12.0 Å². The summed E-state index contributed by atoms with van der Waals surface area (Å²) in [5.41, 5.74) is 11.3. The summed E-state index contributed by atoms with van der Waals surface area (Å²) in [6.45, 7) is 0. The van der Waals surface area contributed by atoms with Crippen LogP contribution in [-0.4, -0.2) is 21.2 Å². The third kappa shape index (κ3) is 3.02. The first-order valence-corrected chi connectivity index (χ1v) is 7.27. The zero-order chi connectivity index (χ0) is 14.6. The molecule has 1 heterocycles. The Bertz CT molecular complexity index is 584. The lowest BCUT2D eigenvalue weighted by Gasteiger charge is -2.26. The molecule has 0 saturated heterocycles. The lowest BCUT2D eigenvalue weighted by molar-refractivity contribution is -0.123. The maximum Gasteiger partial charge on any atom is 0.242 e. The quantitative estimate of drug-likeness (QED) is 0.784. The summed E-state index contributed by atoms with van der Waals surface area (Å²) in [6.07, 6.45) is 4.08. The summed E-state index contributed by atoms with van der Waals surface area (Å²) >= 11 is 1.56. The molecule has 20 heavy (non-hydrogen) atoms. The smallest absolute Gasteiger partial charge is 0.242 e. The van der Waals surface area contributed by atoms with Crippen molar-refractivity contribution in [3.63, 3.8) is 0 Å². The molecule has 1 amide bonds. The van der Waals surface area contributed by atoms with Crippen LogP contribution in [0.3, 0.4) is 0 Å². The van der Waals surface area contributed by atoms with E-state index in [1.54, 1.807) is 18.0 Å². The van der Waals surface area contributed by atoms with E-state index in [0.29, 0.717) is 12.2 Å². The molecule has 1 atom stereocenters. The monoisotopic (exact) mass is 290 g/mol. The summed E-state index contributed by atoms with van der Waals surface area (Å²) in [7, 11) is 1.93. The van der Waals surface area contributed by atoms with E-state index in [9.17, 15) is 4.79 Å². The second-order valence-electron chi connectivity index (χ2n) is 4.62. The van der Waals surface area contributed by atoms with Gasteiger partial charge in [0.15, 0.2) is 5.16 Å². The number of rotatable bonds is 6. The summed E-state index contributed by atoms with van der Waals surface area (Å²) in [4.78, 5) is 16.0. The zero-order valence-corrected chi connectivity index (χ0v) is 12.1. The lowest BCUT2D eigenvalue weighted by atomic mass is 9.88. The first-order chi connectivity index (χ1) is 9.54. The molecule has 0 aliphatic heterocycles. The molecule has 0 aliphatic rings. The fourth-order valence-corrected chi connectivity index (χ4v) is 2.95. The van der Waals surface area contributed by atoms with Gasteiger partial charge in [0.25, 0.3) is 0 Å². The van der Waals surface area contributed by atoms with Crippen LogP contribution in [0.2, 0.25) is 0 Å². The molecule has 0 saturated carbocycles. The Labute approximate surface area is 122 Å². The van der Waals surface area contributed by atoms with Gasteiger partial charge in [-0.3, -0.25) is 4.79 Å². The lowest BCUT2D eigenvalue weighted by Crippen LogP contribution is -2.49. The van der Waals surface area contributed by atoms with Gasteiger partial charge in [-0.25, -0.2) is 4.98 Å². The molecule has 1 aromatic heterocycles. The maximum atomic E-state index is 11.7. The Kier molecular flexibility index (Phi) is 4.46. The Morgan fingerprint density at radius 1 is 1.40 bits per heavy atom. The minimum absolute atomic E-state index is 0.462. The van der Waals surface area contributed by atoms with Gasteiger partial charge < -0.3 is 16.0 Å². The first-order valence-electron chi connectivity index (χ1n) is 6.28. The minimum Gasteiger partial charge on any atom is -0.368 e. The van der Waals surface area contributed by atoms with Crippen molar-refractivity contribution in [3.8, 4) is 0 Å². The van der Waals surface area contributed by atoms with E-state index in [4.69, 9.17) is 11.5 Å². The molecule has 1 aromatic carbocycles. The normalized spacial score (nSPS) is 13.9. The molecule has 106 valence electrons. The van der Waals surface area contributed by atoms with E-state index in [0.717, 1.165) is 10.7 Å². The van der Waals surface area contributed by atoms with Gasteiger partial charge in [-0.2, -0.15) is 0 Å². The number of nitrogens with two attached hydrogens (primary N) is 2. The van der Waals surface area contributed by atoms with E-state index in [1.807, 2.05) is 48.1 Å². The van der Waals surface area contributed by atoms with Crippen molar-refractivity contribution in [1.82, 2.24) is 9.55 Å². The van der Waals surface area contributed by atoms with Crippen LogP contribution in [0, 0.1) is 0 Å². The second-order valence-corrected chi connectivity index (χ2v) is 5.68. The molecule has 1 unspecified atom stereocenters. The molecular weight excluding hydrogens is 272 g/mol. The van der Waals surface area contributed by atoms with Gasteiger partial charge >= 0.3 is 0 Å². The topological polar surface area (TPSA) is 86.9 Å². The predicted molar refractivity (Wildman–Crippen MR) is 80.1 cm³/mol. The van der Waals surface area contributed by atoms with Gasteiger partial charge in [-0.1, -0.05) is 42.1 Å². The van der Waals surface area contributed by atoms with Crippen LogP contribution < -0.4 is 11.5 Å². The molecular formula is C14H18N4OS. The molecule has 2 rings (SSSR count). The molecule has 0 spiro atoms. The van der Waals surface area contributed by atoms with Crippen LogP contribution in [0.5, 0.6) is 0 Å². The number of benzene rings is 1. The number of imidazole rings is 1. The number of carbonyl (C=O) groups is 1. The number of nitrogens with zero attached hydrogens (tertiary/aromatic N) is 2. The zero-order valence-electron chi connectivity index (χ0n) is 11.3. The van der Waals surface area contributed by atoms with Crippen LogP contribution in [0.4, 0.5) is 0 Å². The number of carbonyl (C=O) groups excluding carboxylic acids is 1. The largest absolute Gasteiger partial charge is 0.368 e. The van der Waals surface area contributed by atoms with Crippen LogP contribution in [0.25, 0.3) is 0 Å². The Hall–Kier alpha value is -1.79.